The average molecular weight is 200 g/mol. The molecule has 4 nitrogen and oxygen atoms in total. The highest BCUT2D eigenvalue weighted by Gasteiger charge is 2.21. The number of likely N-dealkylation sites (tertiary alicyclic amines) is 1. The molecule has 82 valence electrons. The molecular weight excluding hydrogens is 180 g/mol. The van der Waals surface area contributed by atoms with Crippen LogP contribution >= 0.6 is 0 Å². The Hall–Kier alpha value is -0.610. The fraction of sp³-hybridized carbons (Fsp3) is 0.900. The lowest BCUT2D eigenvalue weighted by molar-refractivity contribution is -0.136. The van der Waals surface area contributed by atoms with Gasteiger partial charge in [0.15, 0.2) is 0 Å². The summed E-state index contributed by atoms with van der Waals surface area (Å²) in [7, 11) is 2.13. The molecule has 0 bridgehead atoms. The maximum atomic E-state index is 10.4. The summed E-state index contributed by atoms with van der Waals surface area (Å²) in [6, 6.07) is 0.319. The molecule has 14 heavy (non-hydrogen) atoms. The molecule has 1 rings (SSSR count). The summed E-state index contributed by atoms with van der Waals surface area (Å²) in [5.41, 5.74) is 0. The summed E-state index contributed by atoms with van der Waals surface area (Å²) in [6.45, 7) is 4.42. The van der Waals surface area contributed by atoms with E-state index in [-0.39, 0.29) is 6.54 Å². The van der Waals surface area contributed by atoms with E-state index in [2.05, 4.69) is 24.2 Å². The Labute approximate surface area is 85.3 Å². The van der Waals surface area contributed by atoms with Crippen LogP contribution in [0.1, 0.15) is 19.8 Å². The zero-order valence-electron chi connectivity index (χ0n) is 8.99. The van der Waals surface area contributed by atoms with Gasteiger partial charge in [-0.05, 0) is 45.8 Å². The Balaban J connectivity index is 2.23. The predicted molar refractivity (Wildman–Crippen MR) is 55.3 cm³/mol. The van der Waals surface area contributed by atoms with Gasteiger partial charge in [0, 0.05) is 6.04 Å². The van der Waals surface area contributed by atoms with Crippen LogP contribution in [0, 0.1) is 5.92 Å². The summed E-state index contributed by atoms with van der Waals surface area (Å²) in [4.78, 5) is 12.7. The Morgan fingerprint density at radius 3 is 2.64 bits per heavy atom. The number of hydrogen-bond acceptors (Lipinski definition) is 3. The van der Waals surface area contributed by atoms with E-state index in [0.29, 0.717) is 12.0 Å². The zero-order valence-corrected chi connectivity index (χ0v) is 8.99. The van der Waals surface area contributed by atoms with Crippen LogP contribution < -0.4 is 5.32 Å². The maximum Gasteiger partial charge on any atom is 0.317 e. The van der Waals surface area contributed by atoms with E-state index >= 15 is 0 Å². The number of rotatable bonds is 4. The van der Waals surface area contributed by atoms with E-state index in [0.717, 1.165) is 13.1 Å². The highest BCUT2D eigenvalue weighted by molar-refractivity contribution is 5.69. The van der Waals surface area contributed by atoms with Crippen LogP contribution in [0.2, 0.25) is 0 Å². The van der Waals surface area contributed by atoms with Gasteiger partial charge in [0.05, 0.1) is 6.54 Å². The second-order valence-corrected chi connectivity index (χ2v) is 4.20. The van der Waals surface area contributed by atoms with Crippen molar-refractivity contribution in [1.29, 1.82) is 0 Å². The van der Waals surface area contributed by atoms with Crippen LogP contribution in [-0.4, -0.2) is 48.7 Å². The number of aliphatic carboxylic acids is 1. The standard InChI is InChI=1S/C10H20N2O2/c1-8(11-7-10(13)14)9-3-5-12(2)6-4-9/h8-9,11H,3-7H2,1-2H3,(H,13,14). The summed E-state index contributed by atoms with van der Waals surface area (Å²) in [5, 5.41) is 11.6. The highest BCUT2D eigenvalue weighted by Crippen LogP contribution is 2.19. The zero-order chi connectivity index (χ0) is 10.6. The van der Waals surface area contributed by atoms with Crippen molar-refractivity contribution in [2.75, 3.05) is 26.7 Å². The van der Waals surface area contributed by atoms with Crippen LogP contribution in [-0.2, 0) is 4.79 Å². The topological polar surface area (TPSA) is 52.6 Å². The first kappa shape index (κ1) is 11.5. The normalized spacial score (nSPS) is 22.1. The van der Waals surface area contributed by atoms with Crippen molar-refractivity contribution in [3.05, 3.63) is 0 Å². The number of carbonyl (C=O) groups is 1. The third-order valence-corrected chi connectivity index (χ3v) is 3.05. The molecule has 1 saturated heterocycles. The molecule has 0 aromatic rings. The number of carboxylic acid groups (broad SMARTS) is 1. The molecule has 0 saturated carbocycles. The number of hydrogen-bond donors (Lipinski definition) is 2. The molecule has 1 unspecified atom stereocenters. The molecule has 1 atom stereocenters. The van der Waals surface area contributed by atoms with E-state index < -0.39 is 5.97 Å². The van der Waals surface area contributed by atoms with E-state index in [1.807, 2.05) is 0 Å². The third-order valence-electron chi connectivity index (χ3n) is 3.05. The van der Waals surface area contributed by atoms with Crippen LogP contribution in [0.5, 0.6) is 0 Å². The van der Waals surface area contributed by atoms with Gasteiger partial charge in [0.2, 0.25) is 0 Å². The molecular formula is C10H20N2O2. The molecule has 0 amide bonds. The van der Waals surface area contributed by atoms with Crippen molar-refractivity contribution in [2.45, 2.75) is 25.8 Å². The minimum Gasteiger partial charge on any atom is -0.480 e. The summed E-state index contributed by atoms with van der Waals surface area (Å²) < 4.78 is 0. The van der Waals surface area contributed by atoms with Crippen LogP contribution in [0.25, 0.3) is 0 Å². The second kappa shape index (κ2) is 5.32. The number of piperidine rings is 1. The third kappa shape index (κ3) is 3.64. The van der Waals surface area contributed by atoms with Gasteiger partial charge in [-0.15, -0.1) is 0 Å². The van der Waals surface area contributed by atoms with Gasteiger partial charge in [0.25, 0.3) is 0 Å². The molecule has 1 aliphatic rings. The molecule has 1 fully saturated rings. The van der Waals surface area contributed by atoms with E-state index in [4.69, 9.17) is 5.11 Å². The Morgan fingerprint density at radius 1 is 1.57 bits per heavy atom. The van der Waals surface area contributed by atoms with Crippen molar-refractivity contribution in [2.24, 2.45) is 5.92 Å². The Kier molecular flexibility index (Phi) is 4.35. The minimum absolute atomic E-state index is 0.0769. The van der Waals surface area contributed by atoms with Crippen molar-refractivity contribution in [1.82, 2.24) is 10.2 Å². The maximum absolute atomic E-state index is 10.4. The van der Waals surface area contributed by atoms with Gasteiger partial charge in [-0.1, -0.05) is 0 Å². The molecule has 4 heteroatoms. The first-order valence-corrected chi connectivity index (χ1v) is 5.23. The fourth-order valence-corrected chi connectivity index (χ4v) is 1.94. The molecule has 1 heterocycles. The SMILES string of the molecule is CC(NCC(=O)O)C1CCN(C)CC1. The van der Waals surface area contributed by atoms with Crippen LogP contribution in [0.4, 0.5) is 0 Å². The molecule has 0 aromatic carbocycles. The predicted octanol–water partition coefficient (Wildman–Crippen LogP) is 0.391. The Bertz CT molecular complexity index is 189. The summed E-state index contributed by atoms with van der Waals surface area (Å²) in [6.07, 6.45) is 2.34. The molecule has 0 radical (unpaired) electrons. The smallest absolute Gasteiger partial charge is 0.317 e. The lowest BCUT2D eigenvalue weighted by atomic mass is 9.90. The molecule has 0 aliphatic carbocycles. The van der Waals surface area contributed by atoms with Crippen molar-refractivity contribution < 1.29 is 9.90 Å². The van der Waals surface area contributed by atoms with Gasteiger partial charge in [-0.3, -0.25) is 4.79 Å². The van der Waals surface area contributed by atoms with E-state index in [1.165, 1.54) is 12.8 Å². The number of nitrogens with zero attached hydrogens (tertiary/aromatic N) is 1. The quantitative estimate of drug-likeness (QED) is 0.689. The minimum atomic E-state index is -0.773. The van der Waals surface area contributed by atoms with Crippen molar-refractivity contribution in [3.8, 4) is 0 Å². The van der Waals surface area contributed by atoms with Crippen molar-refractivity contribution in [3.63, 3.8) is 0 Å². The largest absolute Gasteiger partial charge is 0.480 e. The van der Waals surface area contributed by atoms with Gasteiger partial charge in [-0.25, -0.2) is 0 Å². The summed E-state index contributed by atoms with van der Waals surface area (Å²) >= 11 is 0. The molecule has 1 aliphatic heterocycles. The molecule has 2 N–H and O–H groups in total. The number of carboxylic acids is 1. The van der Waals surface area contributed by atoms with E-state index in [9.17, 15) is 4.79 Å². The van der Waals surface area contributed by atoms with Gasteiger partial charge < -0.3 is 15.3 Å². The lowest BCUT2D eigenvalue weighted by Crippen LogP contribution is -2.42. The van der Waals surface area contributed by atoms with Crippen LogP contribution in [0.15, 0.2) is 0 Å². The lowest BCUT2D eigenvalue weighted by Gasteiger charge is -2.32. The van der Waals surface area contributed by atoms with Crippen LogP contribution in [0.3, 0.4) is 0 Å². The second-order valence-electron chi connectivity index (χ2n) is 4.20. The van der Waals surface area contributed by atoms with Gasteiger partial charge >= 0.3 is 5.97 Å². The average Bonchev–Trinajstić information content (AvgIpc) is 2.15. The highest BCUT2D eigenvalue weighted by atomic mass is 16.4. The number of nitrogens with one attached hydrogen (secondary N) is 1. The Morgan fingerprint density at radius 2 is 2.14 bits per heavy atom. The summed E-state index contributed by atoms with van der Waals surface area (Å²) in [5.74, 6) is -0.143. The monoisotopic (exact) mass is 200 g/mol. The first-order chi connectivity index (χ1) is 6.59. The molecule has 0 aromatic heterocycles. The van der Waals surface area contributed by atoms with Gasteiger partial charge in [-0.2, -0.15) is 0 Å². The van der Waals surface area contributed by atoms with Gasteiger partial charge in [0.1, 0.15) is 0 Å². The van der Waals surface area contributed by atoms with Crippen molar-refractivity contribution >= 4 is 5.97 Å². The first-order valence-electron chi connectivity index (χ1n) is 5.23. The fourth-order valence-electron chi connectivity index (χ4n) is 1.94. The molecule has 0 spiro atoms. The van der Waals surface area contributed by atoms with E-state index in [1.54, 1.807) is 0 Å².